The molecule has 5 rings (SSSR count). The summed E-state index contributed by atoms with van der Waals surface area (Å²) >= 11 is 12.7. The third kappa shape index (κ3) is 6.20. The third-order valence-electron chi connectivity index (χ3n) is 6.74. The fourth-order valence-corrected chi connectivity index (χ4v) is 5.13. The molecule has 9 nitrogen and oxygen atoms in total. The average Bonchev–Trinajstić information content (AvgIpc) is 3.02. The Morgan fingerprint density at radius 1 is 0.955 bits per heavy atom. The number of amides is 1. The van der Waals surface area contributed by atoms with Gasteiger partial charge in [-0.25, -0.2) is 14.8 Å². The van der Waals surface area contributed by atoms with Crippen LogP contribution in [0.25, 0.3) is 16.6 Å². The Bertz CT molecular complexity index is 1990. The molecule has 44 heavy (non-hydrogen) atoms. The van der Waals surface area contributed by atoms with Gasteiger partial charge in [0.2, 0.25) is 0 Å². The van der Waals surface area contributed by atoms with E-state index < -0.39 is 11.9 Å². The Labute approximate surface area is 263 Å². The number of fused-ring (bicyclic) bond motifs is 1. The molecule has 1 heterocycles. The minimum atomic E-state index is -0.730. The molecule has 0 radical (unpaired) electrons. The highest BCUT2D eigenvalue weighted by atomic mass is 35.5. The number of nitrogens with one attached hydrogen (secondary N) is 2. The summed E-state index contributed by atoms with van der Waals surface area (Å²) < 4.78 is 6.17. The van der Waals surface area contributed by atoms with Crippen LogP contribution in [0.1, 0.15) is 28.7 Å². The number of halogens is 2. The molecule has 0 saturated carbocycles. The van der Waals surface area contributed by atoms with Gasteiger partial charge in [0, 0.05) is 12.2 Å². The summed E-state index contributed by atoms with van der Waals surface area (Å²) in [7, 11) is 1.22. The molecule has 4 aromatic carbocycles. The molecule has 5 aromatic rings. The van der Waals surface area contributed by atoms with Crippen molar-refractivity contribution in [2.24, 2.45) is 4.99 Å². The Morgan fingerprint density at radius 2 is 1.68 bits per heavy atom. The second kappa shape index (κ2) is 13.1. The minimum absolute atomic E-state index is 0.00540. The van der Waals surface area contributed by atoms with Crippen molar-refractivity contribution in [3.63, 3.8) is 0 Å². The summed E-state index contributed by atoms with van der Waals surface area (Å²) in [6.45, 7) is 4.59. The van der Waals surface area contributed by atoms with Crippen LogP contribution in [0, 0.1) is 6.92 Å². The topological polar surface area (TPSA) is 115 Å². The molecule has 0 aliphatic carbocycles. The van der Waals surface area contributed by atoms with Crippen LogP contribution in [0.15, 0.2) is 94.7 Å². The van der Waals surface area contributed by atoms with Crippen molar-refractivity contribution in [1.82, 2.24) is 9.55 Å². The number of methoxy groups -OCH3 is 1. The van der Waals surface area contributed by atoms with Gasteiger partial charge < -0.3 is 15.4 Å². The Balaban J connectivity index is 1.76. The smallest absolute Gasteiger partial charge is 0.339 e. The van der Waals surface area contributed by atoms with E-state index in [9.17, 15) is 14.4 Å². The first-order valence-corrected chi connectivity index (χ1v) is 14.4. The largest absolute Gasteiger partial charge is 0.465 e. The number of esters is 1. The first-order valence-electron chi connectivity index (χ1n) is 13.6. The summed E-state index contributed by atoms with van der Waals surface area (Å²) in [5.41, 5.74) is 2.57. The molecule has 0 aliphatic heterocycles. The van der Waals surface area contributed by atoms with E-state index in [2.05, 4.69) is 10.6 Å². The van der Waals surface area contributed by atoms with Gasteiger partial charge in [0.25, 0.3) is 11.5 Å². The fourth-order valence-electron chi connectivity index (χ4n) is 4.62. The summed E-state index contributed by atoms with van der Waals surface area (Å²) in [6.07, 6.45) is 0. The van der Waals surface area contributed by atoms with Gasteiger partial charge in [0.1, 0.15) is 0 Å². The Hall–Kier alpha value is -4.99. The summed E-state index contributed by atoms with van der Waals surface area (Å²) in [4.78, 5) is 50.0. The summed E-state index contributed by atoms with van der Waals surface area (Å²) in [5, 5.41) is 6.49. The molecular weight excluding hydrogens is 601 g/mol. The maximum Gasteiger partial charge on any atom is 0.339 e. The summed E-state index contributed by atoms with van der Waals surface area (Å²) in [5.74, 6) is -1.43. The van der Waals surface area contributed by atoms with Gasteiger partial charge in [0.15, 0.2) is 11.5 Å². The number of aliphatic imine (C=N–C) groups is 1. The van der Waals surface area contributed by atoms with Gasteiger partial charge >= 0.3 is 5.97 Å². The van der Waals surface area contributed by atoms with Crippen molar-refractivity contribution in [2.45, 2.75) is 13.8 Å². The van der Waals surface area contributed by atoms with Crippen LogP contribution >= 0.6 is 23.2 Å². The number of ether oxygens (including phenoxy) is 1. The highest BCUT2D eigenvalue weighted by Gasteiger charge is 2.25. The number of para-hydroxylation sites is 2. The molecule has 0 spiro atoms. The summed E-state index contributed by atoms with van der Waals surface area (Å²) in [6, 6.07) is 23.9. The number of hydrogen-bond acceptors (Lipinski definition) is 7. The molecule has 1 amide bonds. The number of benzene rings is 4. The van der Waals surface area contributed by atoms with E-state index in [1.807, 2.05) is 32.0 Å². The van der Waals surface area contributed by atoms with Crippen molar-refractivity contribution < 1.29 is 14.3 Å². The third-order valence-corrected chi connectivity index (χ3v) is 7.36. The highest BCUT2D eigenvalue weighted by Crippen LogP contribution is 2.31. The van der Waals surface area contributed by atoms with Crippen molar-refractivity contribution >= 4 is 68.8 Å². The van der Waals surface area contributed by atoms with Crippen LogP contribution in [0.2, 0.25) is 10.0 Å². The molecule has 0 bridgehead atoms. The van der Waals surface area contributed by atoms with Gasteiger partial charge in [-0.05, 0) is 74.0 Å². The van der Waals surface area contributed by atoms with Gasteiger partial charge in [-0.2, -0.15) is 0 Å². The van der Waals surface area contributed by atoms with E-state index in [-0.39, 0.29) is 38.4 Å². The number of rotatable bonds is 8. The van der Waals surface area contributed by atoms with Crippen LogP contribution in [0.3, 0.4) is 0 Å². The molecule has 222 valence electrons. The maximum atomic E-state index is 14.2. The van der Waals surface area contributed by atoms with Crippen molar-refractivity contribution in [1.29, 1.82) is 0 Å². The maximum absolute atomic E-state index is 14.2. The number of carbonyl (C=O) groups excluding carboxylic acids is 2. The number of carbonyl (C=O) groups is 2. The molecule has 0 fully saturated rings. The number of nitrogens with zero attached hydrogens (tertiary/aromatic N) is 3. The van der Waals surface area contributed by atoms with E-state index in [4.69, 9.17) is 37.9 Å². The fraction of sp³-hybridized carbons (Fsp3) is 0.121. The van der Waals surface area contributed by atoms with Gasteiger partial charge in [0.05, 0.1) is 50.7 Å². The van der Waals surface area contributed by atoms with E-state index >= 15 is 0 Å². The van der Waals surface area contributed by atoms with Gasteiger partial charge in [-0.3, -0.25) is 14.2 Å². The van der Waals surface area contributed by atoms with E-state index in [1.54, 1.807) is 54.6 Å². The van der Waals surface area contributed by atoms with E-state index in [0.717, 1.165) is 17.8 Å². The normalized spacial score (nSPS) is 11.3. The van der Waals surface area contributed by atoms with Crippen LogP contribution in [0.5, 0.6) is 0 Å². The molecule has 1 aromatic heterocycles. The number of aromatic nitrogens is 2. The van der Waals surface area contributed by atoms with E-state index in [0.29, 0.717) is 22.3 Å². The molecule has 0 saturated heterocycles. The van der Waals surface area contributed by atoms with Crippen LogP contribution in [-0.2, 0) is 9.53 Å². The standard InChI is InChI=1S/C33H27Cl2N5O4/c1-4-36-20-14-15-26(19(2)16-20)37-29(31(41)39-28-17-23(33(43)44-3)24(34)18-25(28)35)30-38-27-13-9-8-12-22(27)32(42)40(30)21-10-6-5-7-11-21/h5-18,36H,4H2,1-3H3,(H,39,41)/b37-29-. The molecule has 2 N–H and O–H groups in total. The predicted molar refractivity (Wildman–Crippen MR) is 175 cm³/mol. The number of aryl methyl sites for hydroxylation is 1. The van der Waals surface area contributed by atoms with Crippen molar-refractivity contribution in [3.8, 4) is 5.69 Å². The first kappa shape index (κ1) is 30.5. The Kier molecular flexibility index (Phi) is 9.08. The van der Waals surface area contributed by atoms with E-state index in [1.165, 1.54) is 23.8 Å². The SMILES string of the molecule is CCNc1ccc(/N=C(\C(=O)Nc2cc(C(=O)OC)c(Cl)cc2Cl)c2nc3ccccc3c(=O)n2-c2ccccc2)c(C)c1. The monoisotopic (exact) mass is 627 g/mol. The minimum Gasteiger partial charge on any atom is -0.465 e. The van der Waals surface area contributed by atoms with Crippen LogP contribution in [0.4, 0.5) is 17.1 Å². The molecule has 0 aliphatic rings. The lowest BCUT2D eigenvalue weighted by Gasteiger charge is -2.17. The number of anilines is 2. The lowest BCUT2D eigenvalue weighted by atomic mass is 10.1. The second-order valence-electron chi connectivity index (χ2n) is 9.68. The molecular formula is C33H27Cl2N5O4. The predicted octanol–water partition coefficient (Wildman–Crippen LogP) is 6.98. The Morgan fingerprint density at radius 3 is 2.39 bits per heavy atom. The molecule has 0 unspecified atom stereocenters. The first-order chi connectivity index (χ1) is 21.2. The average molecular weight is 629 g/mol. The van der Waals surface area contributed by atoms with Crippen molar-refractivity contribution in [3.05, 3.63) is 122 Å². The second-order valence-corrected chi connectivity index (χ2v) is 10.5. The number of hydrogen-bond donors (Lipinski definition) is 2. The van der Waals surface area contributed by atoms with Crippen molar-refractivity contribution in [2.75, 3.05) is 24.3 Å². The highest BCUT2D eigenvalue weighted by molar-refractivity contribution is 6.49. The zero-order valence-corrected chi connectivity index (χ0v) is 25.5. The zero-order valence-electron chi connectivity index (χ0n) is 24.0. The molecule has 0 atom stereocenters. The lowest BCUT2D eigenvalue weighted by Crippen LogP contribution is -2.33. The van der Waals surface area contributed by atoms with Crippen LogP contribution in [-0.4, -0.2) is 40.8 Å². The molecule has 11 heteroatoms. The lowest BCUT2D eigenvalue weighted by molar-refractivity contribution is -0.110. The van der Waals surface area contributed by atoms with Crippen LogP contribution < -0.4 is 16.2 Å². The quantitative estimate of drug-likeness (QED) is 0.142. The zero-order chi connectivity index (χ0) is 31.4. The van der Waals surface area contributed by atoms with Gasteiger partial charge in [-0.1, -0.05) is 53.5 Å². The van der Waals surface area contributed by atoms with Gasteiger partial charge in [-0.15, -0.1) is 0 Å².